The van der Waals surface area contributed by atoms with Gasteiger partial charge in [-0.1, -0.05) is 445 Å². The fourth-order valence-electron chi connectivity index (χ4n) is 21.9. The van der Waals surface area contributed by atoms with Crippen LogP contribution in [0.3, 0.4) is 0 Å². The maximum atomic E-state index is 5.84. The third-order valence-electron chi connectivity index (χ3n) is 29.5. The lowest BCUT2D eigenvalue weighted by Gasteiger charge is -2.51. The average molecular weight is 1720 g/mol. The molecule has 12 atom stereocenters. The van der Waals surface area contributed by atoms with Gasteiger partial charge in [-0.3, -0.25) is 0 Å². The van der Waals surface area contributed by atoms with Crippen LogP contribution in [0.25, 0.3) is 0 Å². The van der Waals surface area contributed by atoms with Crippen molar-refractivity contribution in [1.29, 1.82) is 0 Å². The monoisotopic (exact) mass is 1720 g/mol. The molecule has 0 heterocycles. The molecule has 0 aromatic rings. The van der Waals surface area contributed by atoms with Crippen molar-refractivity contribution in [3.8, 4) is 0 Å². The molecule has 0 aromatic heterocycles. The van der Waals surface area contributed by atoms with E-state index in [1.54, 1.807) is 12.8 Å². The first kappa shape index (κ1) is 117. The van der Waals surface area contributed by atoms with Gasteiger partial charge in [-0.05, 0) is 207 Å². The van der Waals surface area contributed by atoms with Crippen LogP contribution in [0.1, 0.15) is 568 Å². The number of rotatable bonds is 96. The minimum atomic E-state index is 0.172. The Kier molecular flexibility index (Phi) is 88.9. The summed E-state index contributed by atoms with van der Waals surface area (Å²) in [6, 6.07) is 0. The molecule has 3 rings (SSSR count). The predicted molar refractivity (Wildman–Crippen MR) is 534 cm³/mol. The van der Waals surface area contributed by atoms with E-state index < -0.39 is 0 Å². The Balaban J connectivity index is 0.000000827. The van der Waals surface area contributed by atoms with Gasteiger partial charge >= 0.3 is 0 Å². The van der Waals surface area contributed by atoms with Crippen LogP contribution in [0.2, 0.25) is 0 Å². The highest BCUT2D eigenvalue weighted by Crippen LogP contribution is 2.55. The predicted octanol–water partition coefficient (Wildman–Crippen LogP) is 38.6. The van der Waals surface area contributed by atoms with Crippen LogP contribution in [-0.2, 0) is 39.1 Å². The standard InChI is InChI=1S/C58H110O4.C56H108O4/c1-6-11-15-19-20-21-22-28-36-47-59-60-48-37-29-24-27-35-44-57-52(40-33-26-23-30-38-49-61-62-56(39-10-5)43-34-25-16-12-7-2)45-46-55-50-53(41-31-17-13-8-3)54(51-58(55)57)42-32-18-14-9-4;1-6-11-15-19-21-22-23-30-38-49-57-58-50-39-31-25-29-37-46-56-53(48-47-52(42-33-18-14-9-4)55(56)45-36-28-20-16-12-7-2)43-34-27-24-32-40-51-59-60-54(41-10-5)44-35-26-17-13-8-3/h6,10,52-58H,1,5,7-9,11-51H2,2-4H3;6,10,52-56H,1,5,7-9,11-51H2,2-4H3. The summed E-state index contributed by atoms with van der Waals surface area (Å²) < 4.78 is 0. The molecular formula is C114H218O8. The summed E-state index contributed by atoms with van der Waals surface area (Å²) in [5.74, 6) is 9.84. The number of hydrogen-bond acceptors (Lipinski definition) is 8. The third kappa shape index (κ3) is 68.7. The summed E-state index contributed by atoms with van der Waals surface area (Å²) in [5, 5.41) is 0. The van der Waals surface area contributed by atoms with Gasteiger partial charge in [0.05, 0.1) is 51.8 Å². The zero-order valence-electron chi connectivity index (χ0n) is 83.6. The van der Waals surface area contributed by atoms with Gasteiger partial charge in [0.25, 0.3) is 0 Å². The second kappa shape index (κ2) is 92.9. The smallest absolute Gasteiger partial charge is 0.0964 e. The van der Waals surface area contributed by atoms with Crippen LogP contribution in [0.5, 0.6) is 0 Å². The van der Waals surface area contributed by atoms with Crippen molar-refractivity contribution in [2.24, 2.45) is 59.2 Å². The molecule has 3 saturated carbocycles. The van der Waals surface area contributed by atoms with Gasteiger partial charge in [0.1, 0.15) is 0 Å². The zero-order valence-corrected chi connectivity index (χ0v) is 83.6. The molecule has 3 fully saturated rings. The number of fused-ring (bicyclic) bond motifs is 1. The molecule has 0 aromatic carbocycles. The van der Waals surface area contributed by atoms with Gasteiger partial charge in [-0.15, -0.1) is 26.3 Å². The van der Waals surface area contributed by atoms with E-state index in [4.69, 9.17) is 39.1 Å². The molecule has 0 radical (unpaired) electrons. The maximum Gasteiger partial charge on any atom is 0.0964 e. The molecule has 722 valence electrons. The van der Waals surface area contributed by atoms with Crippen LogP contribution in [-0.4, -0.2) is 51.8 Å². The van der Waals surface area contributed by atoms with E-state index in [-0.39, 0.29) is 12.2 Å². The van der Waals surface area contributed by atoms with Gasteiger partial charge in [0, 0.05) is 0 Å². The van der Waals surface area contributed by atoms with Crippen molar-refractivity contribution in [3.05, 3.63) is 50.6 Å². The van der Waals surface area contributed by atoms with E-state index in [0.29, 0.717) is 0 Å². The first-order valence-corrected chi connectivity index (χ1v) is 55.9. The van der Waals surface area contributed by atoms with E-state index in [1.165, 1.54) is 449 Å². The Morgan fingerprint density at radius 2 is 0.459 bits per heavy atom. The largest absolute Gasteiger partial charge is 0.237 e. The van der Waals surface area contributed by atoms with E-state index in [9.17, 15) is 0 Å². The van der Waals surface area contributed by atoms with Crippen molar-refractivity contribution in [3.63, 3.8) is 0 Å². The normalized spacial score (nSPS) is 20.2. The Morgan fingerprint density at radius 1 is 0.221 bits per heavy atom. The van der Waals surface area contributed by atoms with Gasteiger partial charge in [-0.2, -0.15) is 0 Å². The van der Waals surface area contributed by atoms with Crippen molar-refractivity contribution in [1.82, 2.24) is 0 Å². The summed E-state index contributed by atoms with van der Waals surface area (Å²) >= 11 is 0. The Morgan fingerprint density at radius 3 is 0.779 bits per heavy atom. The molecule has 0 amide bonds. The third-order valence-corrected chi connectivity index (χ3v) is 29.5. The molecule has 3 aliphatic carbocycles. The van der Waals surface area contributed by atoms with Gasteiger partial charge in [-0.25, -0.2) is 39.1 Å². The zero-order chi connectivity index (χ0) is 87.6. The Bertz CT molecular complexity index is 2100. The second-order valence-electron chi connectivity index (χ2n) is 40.1. The van der Waals surface area contributed by atoms with E-state index in [2.05, 4.69) is 67.9 Å². The summed E-state index contributed by atoms with van der Waals surface area (Å²) in [6.07, 6.45) is 119. The molecule has 0 N–H and O–H groups in total. The van der Waals surface area contributed by atoms with Crippen LogP contribution < -0.4 is 0 Å². The molecule has 0 spiro atoms. The van der Waals surface area contributed by atoms with Crippen molar-refractivity contribution in [2.45, 2.75) is 580 Å². The van der Waals surface area contributed by atoms with Gasteiger partial charge in [0.2, 0.25) is 0 Å². The van der Waals surface area contributed by atoms with Crippen LogP contribution >= 0.6 is 0 Å². The van der Waals surface area contributed by atoms with E-state index >= 15 is 0 Å². The lowest BCUT2D eigenvalue weighted by molar-refractivity contribution is -0.325. The van der Waals surface area contributed by atoms with Crippen molar-refractivity contribution in [2.75, 3.05) is 39.6 Å². The topological polar surface area (TPSA) is 73.8 Å². The van der Waals surface area contributed by atoms with Crippen LogP contribution in [0.15, 0.2) is 50.6 Å². The van der Waals surface area contributed by atoms with Crippen molar-refractivity contribution < 1.29 is 39.1 Å². The Labute approximate surface area is 764 Å². The molecule has 0 aliphatic heterocycles. The highest BCUT2D eigenvalue weighted by molar-refractivity contribution is 4.95. The molecule has 122 heavy (non-hydrogen) atoms. The summed E-state index contributed by atoms with van der Waals surface area (Å²) in [6.45, 7) is 34.0. The van der Waals surface area contributed by atoms with E-state index in [0.717, 1.165) is 163 Å². The number of hydrogen-bond donors (Lipinski definition) is 0. The van der Waals surface area contributed by atoms with E-state index in [1.807, 2.05) is 24.3 Å². The van der Waals surface area contributed by atoms with Crippen LogP contribution in [0, 0.1) is 59.2 Å². The lowest BCUT2D eigenvalue weighted by atomic mass is 9.54. The van der Waals surface area contributed by atoms with Crippen molar-refractivity contribution >= 4 is 0 Å². The average Bonchev–Trinajstić information content (AvgIpc) is 0.785. The van der Waals surface area contributed by atoms with Gasteiger partial charge in [0.15, 0.2) is 0 Å². The highest BCUT2D eigenvalue weighted by atomic mass is 17.2. The summed E-state index contributed by atoms with van der Waals surface area (Å²) in [5.41, 5.74) is 0. The highest BCUT2D eigenvalue weighted by Gasteiger charge is 2.45. The fourth-order valence-corrected chi connectivity index (χ4v) is 21.9. The first-order valence-electron chi connectivity index (χ1n) is 55.9. The molecule has 8 heteroatoms. The minimum absolute atomic E-state index is 0.172. The maximum absolute atomic E-state index is 5.84. The Hall–Kier alpha value is -1.36. The number of unbranched alkanes of at least 4 members (excludes halogenated alkanes) is 52. The minimum Gasteiger partial charge on any atom is -0.237 e. The molecule has 12 unspecified atom stereocenters. The summed E-state index contributed by atoms with van der Waals surface area (Å²) in [7, 11) is 0. The van der Waals surface area contributed by atoms with Gasteiger partial charge < -0.3 is 0 Å². The molecule has 0 saturated heterocycles. The first-order chi connectivity index (χ1) is 60.4. The molecular weight excluding hydrogens is 1500 g/mol. The lowest BCUT2D eigenvalue weighted by Crippen LogP contribution is -2.42. The molecule has 3 aliphatic rings. The van der Waals surface area contributed by atoms with Crippen LogP contribution in [0.4, 0.5) is 0 Å². The second-order valence-corrected chi connectivity index (χ2v) is 40.1. The molecule has 8 nitrogen and oxygen atoms in total. The molecule has 0 bridgehead atoms. The SMILES string of the molecule is C=CCCCCCCCCCOOCCCCCCCC1C(CCCCCCCOOC(CC=C)CCCCCCC)CCC(CCCCCC)C1CCCCCCCC.C=CCCCCCCCCCOOCCCCCCCC1C(CCCCCCCOOC(CC=C)CCCCCCC)CCC2CC(CCCCCC)C(CCCCCC)CC21. The quantitative estimate of drug-likeness (QED) is 0.0258. The fraction of sp³-hybridized carbons (Fsp3) is 0.930. The number of allylic oxidation sites excluding steroid dienone is 2. The summed E-state index contributed by atoms with van der Waals surface area (Å²) in [4.78, 5) is 45.3.